The SMILES string of the molecule is C=CCOc1cc(CN(C(=O)OCC)c2nc(SC)nc(Cl)c2N)ccc1F. The van der Waals surface area contributed by atoms with Crippen LogP contribution in [0.4, 0.5) is 20.7 Å². The summed E-state index contributed by atoms with van der Waals surface area (Å²) >= 11 is 7.33. The van der Waals surface area contributed by atoms with Crippen LogP contribution in [0.1, 0.15) is 12.5 Å². The highest BCUT2D eigenvalue weighted by molar-refractivity contribution is 7.98. The molecule has 1 aromatic heterocycles. The molecule has 0 aliphatic heterocycles. The monoisotopic (exact) mass is 426 g/mol. The minimum Gasteiger partial charge on any atom is -0.486 e. The molecule has 2 aromatic rings. The smallest absolute Gasteiger partial charge is 0.415 e. The van der Waals surface area contributed by atoms with Crippen molar-refractivity contribution >= 4 is 41.0 Å². The number of amides is 1. The average Bonchev–Trinajstić information content (AvgIpc) is 2.68. The minimum atomic E-state index is -0.672. The number of ether oxygens (including phenoxy) is 2. The van der Waals surface area contributed by atoms with E-state index in [1.165, 1.54) is 40.9 Å². The second-order valence-electron chi connectivity index (χ2n) is 5.39. The molecule has 2 rings (SSSR count). The van der Waals surface area contributed by atoms with Crippen LogP contribution < -0.4 is 15.4 Å². The van der Waals surface area contributed by atoms with Crippen molar-refractivity contribution < 1.29 is 18.7 Å². The van der Waals surface area contributed by atoms with E-state index in [2.05, 4.69) is 16.5 Å². The number of nitrogen functional groups attached to an aromatic ring is 1. The maximum Gasteiger partial charge on any atom is 0.415 e. The fourth-order valence-electron chi connectivity index (χ4n) is 2.22. The average molecular weight is 427 g/mol. The van der Waals surface area contributed by atoms with Crippen molar-refractivity contribution in [2.45, 2.75) is 18.6 Å². The summed E-state index contributed by atoms with van der Waals surface area (Å²) in [6.07, 6.45) is 2.60. The first-order valence-electron chi connectivity index (χ1n) is 8.24. The van der Waals surface area contributed by atoms with Gasteiger partial charge in [-0.1, -0.05) is 42.1 Å². The molecule has 2 N–H and O–H groups in total. The van der Waals surface area contributed by atoms with Gasteiger partial charge in [0.1, 0.15) is 12.3 Å². The highest BCUT2D eigenvalue weighted by Gasteiger charge is 2.24. The Morgan fingerprint density at radius 1 is 1.46 bits per heavy atom. The lowest BCUT2D eigenvalue weighted by molar-refractivity contribution is 0.159. The van der Waals surface area contributed by atoms with E-state index in [0.717, 1.165) is 0 Å². The summed E-state index contributed by atoms with van der Waals surface area (Å²) in [5, 5.41) is 0.371. The molecule has 0 saturated carbocycles. The van der Waals surface area contributed by atoms with Gasteiger partial charge in [-0.05, 0) is 30.9 Å². The topological polar surface area (TPSA) is 90.6 Å². The predicted octanol–water partition coefficient (Wildman–Crippen LogP) is 4.30. The van der Waals surface area contributed by atoms with Gasteiger partial charge in [0.25, 0.3) is 0 Å². The van der Waals surface area contributed by atoms with Gasteiger partial charge in [-0.2, -0.15) is 0 Å². The summed E-state index contributed by atoms with van der Waals surface area (Å²) < 4.78 is 24.3. The van der Waals surface area contributed by atoms with Crippen molar-refractivity contribution in [1.29, 1.82) is 0 Å². The van der Waals surface area contributed by atoms with Crippen molar-refractivity contribution in [3.05, 3.63) is 47.4 Å². The number of aromatic nitrogens is 2. The number of carbonyl (C=O) groups is 1. The van der Waals surface area contributed by atoms with Gasteiger partial charge in [-0.3, -0.25) is 4.90 Å². The number of nitrogens with zero attached hydrogens (tertiary/aromatic N) is 3. The zero-order valence-corrected chi connectivity index (χ0v) is 17.0. The molecule has 0 aliphatic rings. The minimum absolute atomic E-state index is 0.00885. The Kier molecular flexibility index (Phi) is 7.89. The van der Waals surface area contributed by atoms with Gasteiger partial charge in [0, 0.05) is 0 Å². The molecule has 1 amide bonds. The molecule has 1 heterocycles. The number of hydrogen-bond donors (Lipinski definition) is 1. The largest absolute Gasteiger partial charge is 0.486 e. The Labute approximate surface area is 171 Å². The lowest BCUT2D eigenvalue weighted by Gasteiger charge is -2.23. The zero-order valence-electron chi connectivity index (χ0n) is 15.4. The Morgan fingerprint density at radius 2 is 2.21 bits per heavy atom. The van der Waals surface area contributed by atoms with Crippen LogP contribution in [0, 0.1) is 5.82 Å². The number of halogens is 2. The van der Waals surface area contributed by atoms with Crippen LogP contribution in [-0.2, 0) is 11.3 Å². The van der Waals surface area contributed by atoms with E-state index in [1.807, 2.05) is 0 Å². The first-order valence-corrected chi connectivity index (χ1v) is 9.84. The van der Waals surface area contributed by atoms with E-state index in [1.54, 1.807) is 13.2 Å². The van der Waals surface area contributed by atoms with Gasteiger partial charge in [0.2, 0.25) is 0 Å². The molecule has 150 valence electrons. The molecule has 0 bridgehead atoms. The van der Waals surface area contributed by atoms with Crippen LogP contribution in [0.15, 0.2) is 36.0 Å². The summed E-state index contributed by atoms with van der Waals surface area (Å²) in [6, 6.07) is 4.26. The fourth-order valence-corrected chi connectivity index (χ4v) is 2.80. The maximum absolute atomic E-state index is 13.9. The third kappa shape index (κ3) is 5.26. The highest BCUT2D eigenvalue weighted by atomic mass is 35.5. The van der Waals surface area contributed by atoms with Gasteiger partial charge >= 0.3 is 6.09 Å². The number of anilines is 2. The molecule has 28 heavy (non-hydrogen) atoms. The van der Waals surface area contributed by atoms with E-state index >= 15 is 0 Å². The number of nitrogens with two attached hydrogens (primary N) is 1. The van der Waals surface area contributed by atoms with Gasteiger partial charge in [0.15, 0.2) is 27.7 Å². The molecule has 0 unspecified atom stereocenters. The van der Waals surface area contributed by atoms with Crippen LogP contribution in [0.3, 0.4) is 0 Å². The first kappa shape index (κ1) is 21.8. The number of thioether (sulfide) groups is 1. The summed E-state index contributed by atoms with van der Waals surface area (Å²) in [7, 11) is 0. The van der Waals surface area contributed by atoms with Crippen LogP contribution in [0.25, 0.3) is 0 Å². The molecule has 7 nitrogen and oxygen atoms in total. The molecule has 0 spiro atoms. The van der Waals surface area contributed by atoms with Crippen LogP contribution >= 0.6 is 23.4 Å². The normalized spacial score (nSPS) is 10.4. The van der Waals surface area contributed by atoms with Crippen molar-refractivity contribution in [2.75, 3.05) is 30.1 Å². The molecular weight excluding hydrogens is 407 g/mol. The lowest BCUT2D eigenvalue weighted by atomic mass is 10.2. The Bertz CT molecular complexity index is 869. The van der Waals surface area contributed by atoms with Gasteiger partial charge in [0.05, 0.1) is 13.2 Å². The number of hydrogen-bond acceptors (Lipinski definition) is 7. The molecule has 10 heteroatoms. The second-order valence-corrected chi connectivity index (χ2v) is 6.52. The Balaban J connectivity index is 2.44. The second kappa shape index (κ2) is 10.1. The van der Waals surface area contributed by atoms with Gasteiger partial charge in [-0.15, -0.1) is 0 Å². The third-order valence-corrected chi connectivity index (χ3v) is 4.31. The molecule has 0 fully saturated rings. The molecule has 0 aliphatic carbocycles. The number of benzene rings is 1. The lowest BCUT2D eigenvalue weighted by Crippen LogP contribution is -2.33. The highest BCUT2D eigenvalue weighted by Crippen LogP contribution is 2.31. The summed E-state index contributed by atoms with van der Waals surface area (Å²) in [5.41, 5.74) is 6.62. The fraction of sp³-hybridized carbons (Fsp3) is 0.278. The first-order chi connectivity index (χ1) is 13.4. The number of rotatable bonds is 8. The van der Waals surface area contributed by atoms with E-state index in [-0.39, 0.29) is 42.2 Å². The molecule has 1 aromatic carbocycles. The van der Waals surface area contributed by atoms with Crippen molar-refractivity contribution in [2.24, 2.45) is 0 Å². The molecule has 0 atom stereocenters. The van der Waals surface area contributed by atoms with Crippen LogP contribution in [0.2, 0.25) is 5.15 Å². The van der Waals surface area contributed by atoms with Crippen molar-refractivity contribution in [3.8, 4) is 5.75 Å². The third-order valence-electron chi connectivity index (χ3n) is 3.48. The summed E-state index contributed by atoms with van der Waals surface area (Å²) in [4.78, 5) is 22.1. The summed E-state index contributed by atoms with van der Waals surface area (Å²) in [6.45, 7) is 5.52. The number of carbonyl (C=O) groups excluding carboxylic acids is 1. The Morgan fingerprint density at radius 3 is 2.86 bits per heavy atom. The van der Waals surface area contributed by atoms with Gasteiger partial charge in [-0.25, -0.2) is 19.2 Å². The van der Waals surface area contributed by atoms with Crippen molar-refractivity contribution in [3.63, 3.8) is 0 Å². The van der Waals surface area contributed by atoms with E-state index in [0.29, 0.717) is 10.7 Å². The molecule has 0 saturated heterocycles. The van der Waals surface area contributed by atoms with Crippen molar-refractivity contribution in [1.82, 2.24) is 9.97 Å². The summed E-state index contributed by atoms with van der Waals surface area (Å²) in [5.74, 6) is -0.372. The standard InChI is InChI=1S/C18H20ClFN4O3S/c1-4-8-27-13-9-11(6-7-12(13)20)10-24(18(25)26-5-2)16-14(21)15(19)22-17(23-16)28-3/h4,6-7,9H,1,5,8,10,21H2,2-3H3. The maximum atomic E-state index is 13.9. The van der Waals surface area contributed by atoms with E-state index < -0.39 is 11.9 Å². The van der Waals surface area contributed by atoms with Crippen LogP contribution in [-0.4, -0.2) is 35.5 Å². The van der Waals surface area contributed by atoms with E-state index in [4.69, 9.17) is 26.8 Å². The van der Waals surface area contributed by atoms with E-state index in [9.17, 15) is 9.18 Å². The zero-order chi connectivity index (χ0) is 20.7. The van der Waals surface area contributed by atoms with Crippen LogP contribution in [0.5, 0.6) is 5.75 Å². The predicted molar refractivity (Wildman–Crippen MR) is 109 cm³/mol. The molecular formula is C18H20ClFN4O3S. The van der Waals surface area contributed by atoms with Gasteiger partial charge < -0.3 is 15.2 Å². The Hall–Kier alpha value is -2.52. The quantitative estimate of drug-likeness (QED) is 0.291. The molecule has 0 radical (unpaired) electrons.